The number of carbonyl (C=O) groups excluding carboxylic acids is 2. The van der Waals surface area contributed by atoms with E-state index in [9.17, 15) is 14.0 Å². The molecule has 0 spiro atoms. The van der Waals surface area contributed by atoms with Crippen molar-refractivity contribution < 1.29 is 14.0 Å². The Balaban J connectivity index is 1.81. The summed E-state index contributed by atoms with van der Waals surface area (Å²) < 4.78 is 14.4. The molecule has 1 aromatic carbocycles. The third-order valence-electron chi connectivity index (χ3n) is 4.57. The maximum atomic E-state index is 14.4. The Kier molecular flexibility index (Phi) is 5.99. The monoisotopic (exact) mass is 385 g/mol. The van der Waals surface area contributed by atoms with Gasteiger partial charge in [-0.3, -0.25) is 9.59 Å². The van der Waals surface area contributed by atoms with E-state index in [0.717, 1.165) is 0 Å². The molecule has 3 N–H and O–H groups in total. The van der Waals surface area contributed by atoms with Crippen molar-refractivity contribution in [2.24, 2.45) is 5.92 Å². The van der Waals surface area contributed by atoms with E-state index in [-0.39, 0.29) is 29.1 Å². The lowest BCUT2D eigenvalue weighted by Crippen LogP contribution is -2.56. The first-order valence-electron chi connectivity index (χ1n) is 9.29. The fourth-order valence-electron chi connectivity index (χ4n) is 2.72. The number of benzene rings is 1. The van der Waals surface area contributed by atoms with Crippen LogP contribution in [0.2, 0.25) is 0 Å². The molecule has 148 valence electrons. The molecule has 0 unspecified atom stereocenters. The first-order valence-corrected chi connectivity index (χ1v) is 9.29. The van der Waals surface area contributed by atoms with Crippen LogP contribution in [0.4, 0.5) is 4.39 Å². The highest BCUT2D eigenvalue weighted by molar-refractivity contribution is 5.96. The Morgan fingerprint density at radius 3 is 2.54 bits per heavy atom. The quantitative estimate of drug-likeness (QED) is 0.703. The van der Waals surface area contributed by atoms with E-state index in [1.807, 2.05) is 13.8 Å². The molecule has 0 aliphatic carbocycles. The second-order valence-electron chi connectivity index (χ2n) is 7.37. The van der Waals surface area contributed by atoms with Crippen molar-refractivity contribution in [1.82, 2.24) is 26.1 Å². The van der Waals surface area contributed by atoms with Crippen molar-refractivity contribution in [3.05, 3.63) is 46.9 Å². The summed E-state index contributed by atoms with van der Waals surface area (Å²) in [5, 5.41) is 16.7. The molecule has 1 aromatic heterocycles. The van der Waals surface area contributed by atoms with Crippen LogP contribution in [0.1, 0.15) is 40.3 Å². The van der Waals surface area contributed by atoms with Gasteiger partial charge in [-0.1, -0.05) is 13.8 Å². The molecule has 0 radical (unpaired) electrons. The first kappa shape index (κ1) is 19.9. The predicted molar refractivity (Wildman–Crippen MR) is 103 cm³/mol. The van der Waals surface area contributed by atoms with Gasteiger partial charge in [0.2, 0.25) is 0 Å². The molecular formula is C20H24FN5O2. The first-order chi connectivity index (χ1) is 13.3. The molecular weight excluding hydrogens is 361 g/mol. The third-order valence-corrected chi connectivity index (χ3v) is 4.57. The van der Waals surface area contributed by atoms with Crippen molar-refractivity contribution in [3.63, 3.8) is 0 Å². The van der Waals surface area contributed by atoms with Crippen LogP contribution in [0, 0.1) is 18.7 Å². The molecule has 0 atom stereocenters. The van der Waals surface area contributed by atoms with Crippen LogP contribution < -0.4 is 16.0 Å². The normalized spacial score (nSPS) is 13.9. The predicted octanol–water partition coefficient (Wildman–Crippen LogP) is 1.68. The van der Waals surface area contributed by atoms with E-state index >= 15 is 0 Å². The number of rotatable bonds is 6. The summed E-state index contributed by atoms with van der Waals surface area (Å²) in [6.45, 7) is 7.57. The van der Waals surface area contributed by atoms with Crippen LogP contribution in [0.15, 0.2) is 24.3 Å². The molecule has 1 aliphatic heterocycles. The summed E-state index contributed by atoms with van der Waals surface area (Å²) in [4.78, 5) is 24.4. The smallest absolute Gasteiger partial charge is 0.271 e. The minimum Gasteiger partial charge on any atom is -0.350 e. The molecule has 0 saturated carbocycles. The maximum Gasteiger partial charge on any atom is 0.271 e. The number of aromatic nitrogens is 2. The van der Waals surface area contributed by atoms with Crippen LogP contribution in [0.3, 0.4) is 0 Å². The van der Waals surface area contributed by atoms with Crippen LogP contribution in [-0.2, 0) is 0 Å². The summed E-state index contributed by atoms with van der Waals surface area (Å²) >= 11 is 0. The fraction of sp³-hybridized carbons (Fsp3) is 0.400. The van der Waals surface area contributed by atoms with E-state index in [1.54, 1.807) is 25.1 Å². The van der Waals surface area contributed by atoms with Gasteiger partial charge >= 0.3 is 0 Å². The number of nitrogens with one attached hydrogen (secondary N) is 3. The van der Waals surface area contributed by atoms with Crippen LogP contribution in [0.5, 0.6) is 0 Å². The highest BCUT2D eigenvalue weighted by Gasteiger charge is 2.21. The zero-order valence-corrected chi connectivity index (χ0v) is 16.2. The van der Waals surface area contributed by atoms with Crippen molar-refractivity contribution in [3.8, 4) is 11.3 Å². The third kappa shape index (κ3) is 4.51. The average Bonchev–Trinajstić information content (AvgIpc) is 2.64. The molecule has 1 saturated heterocycles. The number of hydrogen-bond donors (Lipinski definition) is 3. The standard InChI is InChI=1S/C20H24FN5O2/c1-11(2)8-23-20(28)18-5-4-17(25-26-18)15-6-13(7-16(21)12(15)3)19(27)24-14-9-22-10-14/h4-7,11,14,22H,8-10H2,1-3H3,(H,23,28)(H,24,27). The van der Waals surface area contributed by atoms with Gasteiger partial charge in [0.1, 0.15) is 5.82 Å². The van der Waals surface area contributed by atoms with E-state index in [2.05, 4.69) is 26.1 Å². The Morgan fingerprint density at radius 1 is 1.21 bits per heavy atom. The van der Waals surface area contributed by atoms with Crippen molar-refractivity contribution in [2.75, 3.05) is 19.6 Å². The lowest BCUT2D eigenvalue weighted by atomic mass is 10.0. The zero-order valence-electron chi connectivity index (χ0n) is 16.2. The molecule has 2 aromatic rings. The van der Waals surface area contributed by atoms with E-state index < -0.39 is 5.82 Å². The van der Waals surface area contributed by atoms with Crippen molar-refractivity contribution >= 4 is 11.8 Å². The molecule has 1 aliphatic rings. The largest absolute Gasteiger partial charge is 0.350 e. The summed E-state index contributed by atoms with van der Waals surface area (Å²) in [6.07, 6.45) is 0. The van der Waals surface area contributed by atoms with Gasteiger partial charge in [0.05, 0.1) is 11.7 Å². The molecule has 3 rings (SSSR count). The SMILES string of the molecule is Cc1c(F)cc(C(=O)NC2CNC2)cc1-c1ccc(C(=O)NCC(C)C)nn1. The molecule has 7 nitrogen and oxygen atoms in total. The Bertz CT molecular complexity index is 879. The second-order valence-corrected chi connectivity index (χ2v) is 7.37. The minimum atomic E-state index is -0.491. The molecule has 2 heterocycles. The summed E-state index contributed by atoms with van der Waals surface area (Å²) in [6, 6.07) is 6.03. The van der Waals surface area contributed by atoms with E-state index in [1.165, 1.54) is 6.07 Å². The van der Waals surface area contributed by atoms with Crippen LogP contribution in [0.25, 0.3) is 11.3 Å². The van der Waals surface area contributed by atoms with Crippen molar-refractivity contribution in [2.45, 2.75) is 26.8 Å². The van der Waals surface area contributed by atoms with Gasteiger partial charge in [0.15, 0.2) is 5.69 Å². The molecule has 0 bridgehead atoms. The number of halogens is 1. The van der Waals surface area contributed by atoms with Gasteiger partial charge in [-0.25, -0.2) is 4.39 Å². The Hall–Kier alpha value is -2.87. The molecule has 1 fully saturated rings. The summed E-state index contributed by atoms with van der Waals surface area (Å²) in [7, 11) is 0. The van der Waals surface area contributed by atoms with Crippen LogP contribution in [-0.4, -0.2) is 47.7 Å². The van der Waals surface area contributed by atoms with E-state index in [4.69, 9.17) is 0 Å². The topological polar surface area (TPSA) is 96.0 Å². The van der Waals surface area contributed by atoms with Gasteiger partial charge in [-0.05, 0) is 42.7 Å². The highest BCUT2D eigenvalue weighted by atomic mass is 19.1. The Morgan fingerprint density at radius 2 is 1.96 bits per heavy atom. The molecule has 28 heavy (non-hydrogen) atoms. The van der Waals surface area contributed by atoms with Gasteiger partial charge in [0, 0.05) is 30.8 Å². The molecule has 8 heteroatoms. The van der Waals surface area contributed by atoms with Crippen LogP contribution >= 0.6 is 0 Å². The molecule has 2 amide bonds. The average molecular weight is 385 g/mol. The summed E-state index contributed by atoms with van der Waals surface area (Å²) in [5.74, 6) is -0.802. The lowest BCUT2D eigenvalue weighted by molar-refractivity contribution is 0.0920. The van der Waals surface area contributed by atoms with Crippen molar-refractivity contribution in [1.29, 1.82) is 0 Å². The van der Waals surface area contributed by atoms with Gasteiger partial charge < -0.3 is 16.0 Å². The minimum absolute atomic E-state index is 0.0590. The number of carbonyl (C=O) groups is 2. The van der Waals surface area contributed by atoms with E-state index in [0.29, 0.717) is 42.4 Å². The second kappa shape index (κ2) is 8.43. The number of amides is 2. The van der Waals surface area contributed by atoms with Gasteiger partial charge in [-0.2, -0.15) is 0 Å². The Labute approximate surface area is 163 Å². The zero-order chi connectivity index (χ0) is 20.3. The highest BCUT2D eigenvalue weighted by Crippen LogP contribution is 2.25. The van der Waals surface area contributed by atoms with Gasteiger partial charge in [0.25, 0.3) is 11.8 Å². The summed E-state index contributed by atoms with van der Waals surface area (Å²) in [5.41, 5.74) is 1.66. The lowest BCUT2D eigenvalue weighted by Gasteiger charge is -2.28. The fourth-order valence-corrected chi connectivity index (χ4v) is 2.72. The van der Waals surface area contributed by atoms with Gasteiger partial charge in [-0.15, -0.1) is 10.2 Å². The number of hydrogen-bond acceptors (Lipinski definition) is 5. The maximum absolute atomic E-state index is 14.4. The number of nitrogens with zero attached hydrogens (tertiary/aromatic N) is 2.